The highest BCUT2D eigenvalue weighted by molar-refractivity contribution is 7.90. The first kappa shape index (κ1) is 12.6. The van der Waals surface area contributed by atoms with E-state index in [4.69, 9.17) is 0 Å². The highest BCUT2D eigenvalue weighted by atomic mass is 32.2. The van der Waals surface area contributed by atoms with Gasteiger partial charge in [0, 0.05) is 19.4 Å². The van der Waals surface area contributed by atoms with Crippen molar-refractivity contribution in [1.82, 2.24) is 4.57 Å². The van der Waals surface area contributed by atoms with Gasteiger partial charge in [0.25, 0.3) is 5.56 Å². The quantitative estimate of drug-likeness (QED) is 0.824. The Morgan fingerprint density at radius 2 is 1.61 bits per heavy atom. The molecule has 0 saturated heterocycles. The summed E-state index contributed by atoms with van der Waals surface area (Å²) in [6.45, 7) is 0. The SMILES string of the molecule is Cn1c(S(C)(=O)=O)cc(-c2ccccc2)cc1=O. The van der Waals surface area contributed by atoms with E-state index in [-0.39, 0.29) is 10.6 Å². The molecule has 4 nitrogen and oxygen atoms in total. The number of hydrogen-bond donors (Lipinski definition) is 0. The molecule has 1 heterocycles. The second-order valence-electron chi connectivity index (χ2n) is 4.12. The molecule has 0 aliphatic heterocycles. The number of nitrogens with zero attached hydrogens (tertiary/aromatic N) is 1. The van der Waals surface area contributed by atoms with Crippen LogP contribution < -0.4 is 5.56 Å². The zero-order valence-electron chi connectivity index (χ0n) is 10.1. The molecule has 0 aliphatic rings. The van der Waals surface area contributed by atoms with Gasteiger partial charge < -0.3 is 4.57 Å². The summed E-state index contributed by atoms with van der Waals surface area (Å²) in [7, 11) is -1.97. The van der Waals surface area contributed by atoms with Crippen molar-refractivity contribution in [3.63, 3.8) is 0 Å². The van der Waals surface area contributed by atoms with Crippen LogP contribution in [0.5, 0.6) is 0 Å². The monoisotopic (exact) mass is 263 g/mol. The van der Waals surface area contributed by atoms with E-state index in [0.717, 1.165) is 16.4 Å². The molecule has 0 radical (unpaired) electrons. The average molecular weight is 263 g/mol. The molecule has 1 aromatic heterocycles. The first-order valence-corrected chi connectivity index (χ1v) is 7.25. The topological polar surface area (TPSA) is 56.1 Å². The van der Waals surface area contributed by atoms with Gasteiger partial charge in [0.15, 0.2) is 9.84 Å². The van der Waals surface area contributed by atoms with Crippen molar-refractivity contribution in [3.05, 3.63) is 52.8 Å². The molecule has 94 valence electrons. The summed E-state index contributed by atoms with van der Waals surface area (Å²) < 4.78 is 24.4. The predicted molar refractivity (Wildman–Crippen MR) is 70.2 cm³/mol. The highest BCUT2D eigenvalue weighted by Crippen LogP contribution is 2.20. The minimum Gasteiger partial charge on any atom is -0.302 e. The minimum absolute atomic E-state index is 0.0221. The lowest BCUT2D eigenvalue weighted by Gasteiger charge is -2.08. The van der Waals surface area contributed by atoms with Crippen LogP contribution in [0, 0.1) is 0 Å². The second kappa shape index (κ2) is 4.42. The van der Waals surface area contributed by atoms with Crippen molar-refractivity contribution >= 4 is 9.84 Å². The molecule has 0 atom stereocenters. The molecule has 0 N–H and O–H groups in total. The van der Waals surface area contributed by atoms with E-state index >= 15 is 0 Å². The molecule has 5 heteroatoms. The first-order chi connectivity index (χ1) is 8.39. The van der Waals surface area contributed by atoms with Crippen LogP contribution in [-0.4, -0.2) is 19.2 Å². The number of aromatic nitrogens is 1. The molecule has 0 unspecified atom stereocenters. The third kappa shape index (κ3) is 2.36. The van der Waals surface area contributed by atoms with E-state index in [1.54, 1.807) is 0 Å². The molecule has 0 bridgehead atoms. The molecule has 0 saturated carbocycles. The standard InChI is InChI=1S/C13H13NO3S/c1-14-12(15)8-11(9-13(14)18(2,16)17)10-6-4-3-5-7-10/h3-9H,1-2H3. The molecule has 0 spiro atoms. The fourth-order valence-electron chi connectivity index (χ4n) is 1.76. The summed E-state index contributed by atoms with van der Waals surface area (Å²) >= 11 is 0. The van der Waals surface area contributed by atoms with Crippen LogP contribution in [0.25, 0.3) is 11.1 Å². The molecule has 2 aromatic rings. The van der Waals surface area contributed by atoms with Crippen LogP contribution in [0.3, 0.4) is 0 Å². The van der Waals surface area contributed by atoms with Gasteiger partial charge in [-0.2, -0.15) is 0 Å². The van der Waals surface area contributed by atoms with Gasteiger partial charge in [-0.05, 0) is 17.2 Å². The van der Waals surface area contributed by atoms with E-state index < -0.39 is 9.84 Å². The Bertz CT molecular complexity index is 731. The summed E-state index contributed by atoms with van der Waals surface area (Å²) in [6.07, 6.45) is 1.09. The third-order valence-electron chi connectivity index (χ3n) is 2.71. The molecule has 0 aliphatic carbocycles. The lowest BCUT2D eigenvalue weighted by Crippen LogP contribution is -2.21. The summed E-state index contributed by atoms with van der Waals surface area (Å²) in [5.41, 5.74) is 1.09. The number of rotatable bonds is 2. The van der Waals surface area contributed by atoms with Crippen molar-refractivity contribution in [3.8, 4) is 11.1 Å². The summed E-state index contributed by atoms with van der Waals surface area (Å²) in [6, 6.07) is 12.2. The van der Waals surface area contributed by atoms with Crippen LogP contribution in [0.2, 0.25) is 0 Å². The van der Waals surface area contributed by atoms with Gasteiger partial charge in [-0.15, -0.1) is 0 Å². The summed E-state index contributed by atoms with van der Waals surface area (Å²) in [4.78, 5) is 11.8. The first-order valence-electron chi connectivity index (χ1n) is 5.36. The maximum Gasteiger partial charge on any atom is 0.251 e. The van der Waals surface area contributed by atoms with E-state index in [9.17, 15) is 13.2 Å². The normalized spacial score (nSPS) is 11.4. The number of sulfone groups is 1. The molecular formula is C13H13NO3S. The highest BCUT2D eigenvalue weighted by Gasteiger charge is 2.14. The third-order valence-corrected chi connectivity index (χ3v) is 3.86. The van der Waals surface area contributed by atoms with Crippen LogP contribution in [0.1, 0.15) is 0 Å². The Hall–Kier alpha value is -1.88. The van der Waals surface area contributed by atoms with Crippen LogP contribution in [0.15, 0.2) is 52.3 Å². The molecule has 18 heavy (non-hydrogen) atoms. The number of benzene rings is 1. The van der Waals surface area contributed by atoms with E-state index in [1.165, 1.54) is 19.2 Å². The van der Waals surface area contributed by atoms with Crippen LogP contribution in [0.4, 0.5) is 0 Å². The van der Waals surface area contributed by atoms with Gasteiger partial charge in [0.1, 0.15) is 5.03 Å². The molecule has 2 rings (SSSR count). The van der Waals surface area contributed by atoms with Gasteiger partial charge in [0.2, 0.25) is 0 Å². The Balaban J connectivity index is 2.74. The van der Waals surface area contributed by atoms with Crippen LogP contribution in [-0.2, 0) is 16.9 Å². The molecule has 0 fully saturated rings. The minimum atomic E-state index is -3.42. The number of pyridine rings is 1. The van der Waals surface area contributed by atoms with Gasteiger partial charge in [-0.25, -0.2) is 8.42 Å². The average Bonchev–Trinajstić information content (AvgIpc) is 2.32. The molecular weight excluding hydrogens is 250 g/mol. The smallest absolute Gasteiger partial charge is 0.251 e. The lowest BCUT2D eigenvalue weighted by atomic mass is 10.1. The number of hydrogen-bond acceptors (Lipinski definition) is 3. The van der Waals surface area contributed by atoms with Gasteiger partial charge in [-0.3, -0.25) is 4.79 Å². The summed E-state index contributed by atoms with van der Waals surface area (Å²) in [5, 5.41) is 0.0221. The van der Waals surface area contributed by atoms with Crippen LogP contribution >= 0.6 is 0 Å². The lowest BCUT2D eigenvalue weighted by molar-refractivity contribution is 0.587. The van der Waals surface area contributed by atoms with E-state index in [2.05, 4.69) is 0 Å². The Kier molecular flexibility index (Phi) is 3.09. The maximum atomic E-state index is 11.8. The van der Waals surface area contributed by atoms with Crippen molar-refractivity contribution in [1.29, 1.82) is 0 Å². The Labute approximate surface area is 105 Å². The Morgan fingerprint density at radius 1 is 1.00 bits per heavy atom. The fraction of sp³-hybridized carbons (Fsp3) is 0.154. The van der Waals surface area contributed by atoms with Gasteiger partial charge in [0.05, 0.1) is 0 Å². The Morgan fingerprint density at radius 3 is 2.17 bits per heavy atom. The molecule has 1 aromatic carbocycles. The van der Waals surface area contributed by atoms with Crippen molar-refractivity contribution < 1.29 is 8.42 Å². The zero-order valence-corrected chi connectivity index (χ0v) is 10.9. The largest absolute Gasteiger partial charge is 0.302 e. The second-order valence-corrected chi connectivity index (χ2v) is 6.08. The van der Waals surface area contributed by atoms with Crippen molar-refractivity contribution in [2.24, 2.45) is 7.05 Å². The van der Waals surface area contributed by atoms with E-state index in [0.29, 0.717) is 5.56 Å². The van der Waals surface area contributed by atoms with Crippen molar-refractivity contribution in [2.45, 2.75) is 5.03 Å². The van der Waals surface area contributed by atoms with E-state index in [1.807, 2.05) is 30.3 Å². The fourth-order valence-corrected chi connectivity index (χ4v) is 2.69. The zero-order chi connectivity index (χ0) is 13.3. The van der Waals surface area contributed by atoms with Gasteiger partial charge in [-0.1, -0.05) is 30.3 Å². The van der Waals surface area contributed by atoms with Crippen molar-refractivity contribution in [2.75, 3.05) is 6.26 Å². The molecule has 0 amide bonds. The summed E-state index contributed by atoms with van der Waals surface area (Å²) in [5.74, 6) is 0. The predicted octanol–water partition coefficient (Wildman–Crippen LogP) is 1.46. The maximum absolute atomic E-state index is 11.8. The van der Waals surface area contributed by atoms with Gasteiger partial charge >= 0.3 is 0 Å².